The van der Waals surface area contributed by atoms with Crippen LogP contribution in [0.5, 0.6) is 0 Å². The van der Waals surface area contributed by atoms with Gasteiger partial charge in [0.15, 0.2) is 5.96 Å². The monoisotopic (exact) mass is 368 g/mol. The van der Waals surface area contributed by atoms with Gasteiger partial charge >= 0.3 is 0 Å². The molecule has 2 N–H and O–H groups in total. The van der Waals surface area contributed by atoms with Gasteiger partial charge < -0.3 is 25.0 Å². The van der Waals surface area contributed by atoms with Crippen LogP contribution in [0.2, 0.25) is 0 Å². The minimum Gasteiger partial charge on any atom is -0.381 e. The lowest BCUT2D eigenvalue weighted by Crippen LogP contribution is -2.46. The second-order valence-electron chi connectivity index (χ2n) is 7.20. The largest absolute Gasteiger partial charge is 0.381 e. The number of hydrogen-bond acceptors (Lipinski definition) is 4. The van der Waals surface area contributed by atoms with Crippen LogP contribution < -0.4 is 10.6 Å². The number of amides is 1. The van der Waals surface area contributed by atoms with Crippen LogP contribution in [0.15, 0.2) is 4.99 Å². The standard InChI is InChI=1S/C19H36N4O3/c1-3-21-19(22-8-4-11-25-14-17-7-12-26-15-17)23-9-5-16(6-10-23)13-18(24)20-2/h16-17H,3-15H2,1-2H3,(H,20,24)(H,21,22). The van der Waals surface area contributed by atoms with Gasteiger partial charge in [-0.05, 0) is 38.5 Å². The molecule has 2 aliphatic rings. The number of hydrogen-bond donors (Lipinski definition) is 2. The average Bonchev–Trinajstić information content (AvgIpc) is 3.17. The van der Waals surface area contributed by atoms with Crippen LogP contribution >= 0.6 is 0 Å². The Morgan fingerprint density at radius 2 is 2.08 bits per heavy atom. The highest BCUT2D eigenvalue weighted by atomic mass is 16.5. The number of ether oxygens (including phenoxy) is 2. The lowest BCUT2D eigenvalue weighted by Gasteiger charge is -2.34. The van der Waals surface area contributed by atoms with Gasteiger partial charge in [0, 0.05) is 58.8 Å². The molecule has 2 rings (SSSR count). The Kier molecular flexibility index (Phi) is 9.77. The van der Waals surface area contributed by atoms with Gasteiger partial charge in [-0.3, -0.25) is 9.79 Å². The first kappa shape index (κ1) is 21.0. The summed E-state index contributed by atoms with van der Waals surface area (Å²) in [6.07, 6.45) is 4.80. The van der Waals surface area contributed by atoms with E-state index in [0.29, 0.717) is 18.3 Å². The van der Waals surface area contributed by atoms with E-state index in [1.54, 1.807) is 7.05 Å². The number of nitrogens with zero attached hydrogens (tertiary/aromatic N) is 2. The quantitative estimate of drug-likeness (QED) is 0.364. The van der Waals surface area contributed by atoms with Crippen LogP contribution in [0, 0.1) is 11.8 Å². The summed E-state index contributed by atoms with van der Waals surface area (Å²) in [4.78, 5) is 18.6. The Labute approximate surface area is 157 Å². The molecule has 0 aromatic heterocycles. The van der Waals surface area contributed by atoms with Crippen molar-refractivity contribution in [2.75, 3.05) is 59.7 Å². The Morgan fingerprint density at radius 3 is 2.73 bits per heavy atom. The molecule has 0 saturated carbocycles. The highest BCUT2D eigenvalue weighted by molar-refractivity contribution is 5.80. The number of piperidine rings is 1. The van der Waals surface area contributed by atoms with Crippen molar-refractivity contribution in [1.82, 2.24) is 15.5 Å². The minimum atomic E-state index is 0.146. The molecule has 2 aliphatic heterocycles. The van der Waals surface area contributed by atoms with Gasteiger partial charge in [-0.1, -0.05) is 0 Å². The van der Waals surface area contributed by atoms with Crippen molar-refractivity contribution in [1.29, 1.82) is 0 Å². The first-order chi connectivity index (χ1) is 12.7. The Balaban J connectivity index is 1.65. The topological polar surface area (TPSA) is 75.2 Å². The summed E-state index contributed by atoms with van der Waals surface area (Å²) in [7, 11) is 1.71. The lowest BCUT2D eigenvalue weighted by molar-refractivity contribution is -0.121. The molecule has 7 heteroatoms. The summed E-state index contributed by atoms with van der Waals surface area (Å²) in [6, 6.07) is 0. The number of guanidine groups is 1. The van der Waals surface area contributed by atoms with Gasteiger partial charge in [0.1, 0.15) is 0 Å². The van der Waals surface area contributed by atoms with Gasteiger partial charge in [-0.25, -0.2) is 0 Å². The normalized spacial score (nSPS) is 21.8. The van der Waals surface area contributed by atoms with Gasteiger partial charge in [0.05, 0.1) is 13.2 Å². The molecule has 0 spiro atoms. The summed E-state index contributed by atoms with van der Waals surface area (Å²) in [5, 5.41) is 6.12. The average molecular weight is 369 g/mol. The molecule has 0 aliphatic carbocycles. The first-order valence-electron chi connectivity index (χ1n) is 10.1. The molecule has 2 saturated heterocycles. The van der Waals surface area contributed by atoms with Crippen LogP contribution in [0.25, 0.3) is 0 Å². The molecule has 7 nitrogen and oxygen atoms in total. The third-order valence-corrected chi connectivity index (χ3v) is 5.09. The van der Waals surface area contributed by atoms with Crippen molar-refractivity contribution in [2.24, 2.45) is 16.8 Å². The van der Waals surface area contributed by atoms with Crippen molar-refractivity contribution in [3.63, 3.8) is 0 Å². The molecule has 2 fully saturated rings. The van der Waals surface area contributed by atoms with Crippen LogP contribution in [-0.4, -0.2) is 76.4 Å². The van der Waals surface area contributed by atoms with Gasteiger partial charge in [-0.15, -0.1) is 0 Å². The SMILES string of the molecule is CCNC(=NCCCOCC1CCOC1)N1CCC(CC(=O)NC)CC1. The zero-order chi connectivity index (χ0) is 18.6. The minimum absolute atomic E-state index is 0.146. The van der Waals surface area contributed by atoms with E-state index in [2.05, 4.69) is 22.5 Å². The number of carbonyl (C=O) groups is 1. The van der Waals surface area contributed by atoms with E-state index in [0.717, 1.165) is 84.2 Å². The summed E-state index contributed by atoms with van der Waals surface area (Å²) >= 11 is 0. The maximum Gasteiger partial charge on any atom is 0.220 e. The fraction of sp³-hybridized carbons (Fsp3) is 0.895. The van der Waals surface area contributed by atoms with Gasteiger partial charge in [-0.2, -0.15) is 0 Å². The summed E-state index contributed by atoms with van der Waals surface area (Å²) in [5.74, 6) is 2.21. The fourth-order valence-corrected chi connectivity index (χ4v) is 3.46. The maximum atomic E-state index is 11.5. The van der Waals surface area contributed by atoms with Crippen LogP contribution in [-0.2, 0) is 14.3 Å². The smallest absolute Gasteiger partial charge is 0.220 e. The predicted molar refractivity (Wildman–Crippen MR) is 103 cm³/mol. The maximum absolute atomic E-state index is 11.5. The molecule has 26 heavy (non-hydrogen) atoms. The van der Waals surface area contributed by atoms with E-state index >= 15 is 0 Å². The summed E-state index contributed by atoms with van der Waals surface area (Å²) < 4.78 is 11.1. The van der Waals surface area contributed by atoms with E-state index in [1.807, 2.05) is 0 Å². The first-order valence-corrected chi connectivity index (χ1v) is 10.1. The van der Waals surface area contributed by atoms with Gasteiger partial charge in [0.25, 0.3) is 0 Å². The molecule has 150 valence electrons. The zero-order valence-electron chi connectivity index (χ0n) is 16.5. The van der Waals surface area contributed by atoms with E-state index in [-0.39, 0.29) is 5.91 Å². The molecule has 2 heterocycles. The number of carbonyl (C=O) groups excluding carboxylic acids is 1. The van der Waals surface area contributed by atoms with Crippen molar-refractivity contribution in [2.45, 2.75) is 39.0 Å². The number of likely N-dealkylation sites (tertiary alicyclic amines) is 1. The van der Waals surface area contributed by atoms with Crippen LogP contribution in [0.1, 0.15) is 39.0 Å². The Morgan fingerprint density at radius 1 is 1.27 bits per heavy atom. The summed E-state index contributed by atoms with van der Waals surface area (Å²) in [5.41, 5.74) is 0. The molecule has 1 atom stereocenters. The second-order valence-corrected chi connectivity index (χ2v) is 7.20. The number of rotatable bonds is 9. The molecule has 0 aromatic carbocycles. The summed E-state index contributed by atoms with van der Waals surface area (Å²) in [6.45, 7) is 8.97. The fourth-order valence-electron chi connectivity index (χ4n) is 3.46. The van der Waals surface area contributed by atoms with Crippen molar-refractivity contribution in [3.8, 4) is 0 Å². The Bertz CT molecular complexity index is 431. The zero-order valence-corrected chi connectivity index (χ0v) is 16.5. The third kappa shape index (κ3) is 7.50. The van der Waals surface area contributed by atoms with Crippen molar-refractivity contribution in [3.05, 3.63) is 0 Å². The second kappa shape index (κ2) is 12.1. The van der Waals surface area contributed by atoms with Gasteiger partial charge in [0.2, 0.25) is 5.91 Å². The van der Waals surface area contributed by atoms with E-state index in [4.69, 9.17) is 14.5 Å². The van der Waals surface area contributed by atoms with Crippen LogP contribution in [0.3, 0.4) is 0 Å². The van der Waals surface area contributed by atoms with Crippen molar-refractivity contribution >= 4 is 11.9 Å². The third-order valence-electron chi connectivity index (χ3n) is 5.09. The molecule has 1 amide bonds. The predicted octanol–water partition coefficient (Wildman–Crippen LogP) is 1.24. The molecule has 0 aromatic rings. The van der Waals surface area contributed by atoms with E-state index in [1.165, 1.54) is 0 Å². The van der Waals surface area contributed by atoms with Crippen molar-refractivity contribution < 1.29 is 14.3 Å². The lowest BCUT2D eigenvalue weighted by atomic mass is 9.93. The highest BCUT2D eigenvalue weighted by Crippen LogP contribution is 2.20. The van der Waals surface area contributed by atoms with E-state index in [9.17, 15) is 4.79 Å². The molecule has 1 unspecified atom stereocenters. The highest BCUT2D eigenvalue weighted by Gasteiger charge is 2.23. The van der Waals surface area contributed by atoms with Crippen LogP contribution in [0.4, 0.5) is 0 Å². The molecular weight excluding hydrogens is 332 g/mol. The number of nitrogens with one attached hydrogen (secondary N) is 2. The van der Waals surface area contributed by atoms with E-state index < -0.39 is 0 Å². The molecule has 0 bridgehead atoms. The Hall–Kier alpha value is -1.34. The molecular formula is C19H36N4O3. The molecule has 0 radical (unpaired) electrons. The number of aliphatic imine (C=N–C) groups is 1.